The fourth-order valence-electron chi connectivity index (χ4n) is 1.27. The van der Waals surface area contributed by atoms with Gasteiger partial charge in [-0.1, -0.05) is 0 Å². The summed E-state index contributed by atoms with van der Waals surface area (Å²) in [5.41, 5.74) is 6.21. The van der Waals surface area contributed by atoms with Crippen molar-refractivity contribution in [2.75, 3.05) is 12.8 Å². The van der Waals surface area contributed by atoms with Gasteiger partial charge in [0.25, 0.3) is 0 Å². The Morgan fingerprint density at radius 1 is 1.53 bits per heavy atom. The first-order chi connectivity index (χ1) is 8.11. The van der Waals surface area contributed by atoms with Gasteiger partial charge < -0.3 is 10.5 Å². The SMILES string of the molecule is COc1ccc(Sc2n[nH]c(=O)n2C)c(N)c1. The van der Waals surface area contributed by atoms with E-state index in [1.165, 1.54) is 16.3 Å². The molecule has 17 heavy (non-hydrogen) atoms. The third-order valence-corrected chi connectivity index (χ3v) is 3.40. The lowest BCUT2D eigenvalue weighted by atomic mass is 10.3. The van der Waals surface area contributed by atoms with E-state index in [9.17, 15) is 4.79 Å². The van der Waals surface area contributed by atoms with Crippen LogP contribution in [0, 0.1) is 0 Å². The van der Waals surface area contributed by atoms with E-state index in [4.69, 9.17) is 10.5 Å². The Balaban J connectivity index is 2.30. The van der Waals surface area contributed by atoms with Crippen molar-refractivity contribution in [2.45, 2.75) is 10.1 Å². The summed E-state index contributed by atoms with van der Waals surface area (Å²) in [5.74, 6) is 0.697. The van der Waals surface area contributed by atoms with Crippen LogP contribution in [0.5, 0.6) is 5.75 Å². The smallest absolute Gasteiger partial charge is 0.343 e. The van der Waals surface area contributed by atoms with Crippen LogP contribution in [0.3, 0.4) is 0 Å². The standard InChI is InChI=1S/C10H12N4O2S/c1-14-9(15)12-13-10(14)17-8-4-3-6(16-2)5-7(8)11/h3-5H,11H2,1-2H3,(H,12,15). The van der Waals surface area contributed by atoms with Gasteiger partial charge in [0.2, 0.25) is 0 Å². The second-order valence-corrected chi connectivity index (χ2v) is 4.39. The Kier molecular flexibility index (Phi) is 3.10. The van der Waals surface area contributed by atoms with Crippen molar-refractivity contribution >= 4 is 17.4 Å². The molecule has 0 saturated heterocycles. The molecule has 1 aromatic heterocycles. The number of aromatic amines is 1. The summed E-state index contributed by atoms with van der Waals surface area (Å²) < 4.78 is 6.49. The van der Waals surface area contributed by atoms with Gasteiger partial charge in [-0.2, -0.15) is 0 Å². The zero-order valence-electron chi connectivity index (χ0n) is 9.43. The van der Waals surface area contributed by atoms with Gasteiger partial charge in [-0.3, -0.25) is 4.57 Å². The van der Waals surface area contributed by atoms with E-state index in [1.54, 1.807) is 20.2 Å². The van der Waals surface area contributed by atoms with Crippen LogP contribution < -0.4 is 16.2 Å². The minimum atomic E-state index is -0.250. The summed E-state index contributed by atoms with van der Waals surface area (Å²) in [6.45, 7) is 0. The van der Waals surface area contributed by atoms with Gasteiger partial charge in [0.1, 0.15) is 5.75 Å². The largest absolute Gasteiger partial charge is 0.497 e. The fraction of sp³-hybridized carbons (Fsp3) is 0.200. The summed E-state index contributed by atoms with van der Waals surface area (Å²) in [7, 11) is 3.23. The molecule has 0 spiro atoms. The highest BCUT2D eigenvalue weighted by Gasteiger charge is 2.09. The predicted octanol–water partition coefficient (Wildman–Crippen LogP) is 0.850. The highest BCUT2D eigenvalue weighted by atomic mass is 32.2. The number of anilines is 1. The molecule has 1 heterocycles. The van der Waals surface area contributed by atoms with Crippen LogP contribution >= 0.6 is 11.8 Å². The molecule has 0 aliphatic rings. The normalized spacial score (nSPS) is 10.5. The molecular formula is C10H12N4O2S. The monoisotopic (exact) mass is 252 g/mol. The molecule has 0 aliphatic carbocycles. The average molecular weight is 252 g/mol. The molecule has 2 rings (SSSR count). The van der Waals surface area contributed by atoms with Gasteiger partial charge in [0, 0.05) is 23.7 Å². The number of hydrogen-bond donors (Lipinski definition) is 2. The summed E-state index contributed by atoms with van der Waals surface area (Å²) in [6, 6.07) is 5.37. The zero-order valence-corrected chi connectivity index (χ0v) is 10.2. The van der Waals surface area contributed by atoms with Crippen LogP contribution in [-0.4, -0.2) is 21.9 Å². The van der Waals surface area contributed by atoms with Crippen molar-refractivity contribution in [2.24, 2.45) is 7.05 Å². The van der Waals surface area contributed by atoms with Crippen molar-refractivity contribution in [3.8, 4) is 5.75 Å². The second-order valence-electron chi connectivity index (χ2n) is 3.38. The van der Waals surface area contributed by atoms with Gasteiger partial charge in [-0.25, -0.2) is 9.89 Å². The van der Waals surface area contributed by atoms with E-state index in [0.29, 0.717) is 16.6 Å². The van der Waals surface area contributed by atoms with Crippen molar-refractivity contribution in [1.29, 1.82) is 0 Å². The molecule has 0 unspecified atom stereocenters. The highest BCUT2D eigenvalue weighted by Crippen LogP contribution is 2.32. The third kappa shape index (κ3) is 2.28. The minimum absolute atomic E-state index is 0.250. The summed E-state index contributed by atoms with van der Waals surface area (Å²) in [4.78, 5) is 12.0. The number of nitrogen functional groups attached to an aromatic ring is 1. The first-order valence-corrected chi connectivity index (χ1v) is 5.66. The Morgan fingerprint density at radius 3 is 2.82 bits per heavy atom. The lowest BCUT2D eigenvalue weighted by Gasteiger charge is -2.06. The molecular weight excluding hydrogens is 240 g/mol. The molecule has 6 nitrogen and oxygen atoms in total. The quantitative estimate of drug-likeness (QED) is 0.791. The summed E-state index contributed by atoms with van der Waals surface area (Å²) in [6.07, 6.45) is 0. The van der Waals surface area contributed by atoms with E-state index in [-0.39, 0.29) is 5.69 Å². The lowest BCUT2D eigenvalue weighted by Crippen LogP contribution is -2.12. The fourth-order valence-corrected chi connectivity index (χ4v) is 2.09. The molecule has 0 radical (unpaired) electrons. The Morgan fingerprint density at radius 2 is 2.29 bits per heavy atom. The predicted molar refractivity (Wildman–Crippen MR) is 65.4 cm³/mol. The van der Waals surface area contributed by atoms with Crippen LogP contribution in [0.25, 0.3) is 0 Å². The maximum Gasteiger partial charge on any atom is 0.343 e. The molecule has 0 bridgehead atoms. The lowest BCUT2D eigenvalue weighted by molar-refractivity contribution is 0.415. The number of nitrogens with two attached hydrogens (primary N) is 1. The van der Waals surface area contributed by atoms with Crippen LogP contribution in [0.1, 0.15) is 0 Å². The zero-order chi connectivity index (χ0) is 12.4. The van der Waals surface area contributed by atoms with E-state index in [2.05, 4.69) is 10.2 Å². The second kappa shape index (κ2) is 4.54. The molecule has 7 heteroatoms. The van der Waals surface area contributed by atoms with Gasteiger partial charge in [0.05, 0.1) is 7.11 Å². The molecule has 0 saturated carbocycles. The maximum absolute atomic E-state index is 11.2. The average Bonchev–Trinajstić information content (AvgIpc) is 2.63. The number of nitrogens with zero attached hydrogens (tertiary/aromatic N) is 2. The Hall–Kier alpha value is -1.89. The summed E-state index contributed by atoms with van der Waals surface area (Å²) >= 11 is 1.32. The first kappa shape index (κ1) is 11.6. The molecule has 0 aliphatic heterocycles. The first-order valence-electron chi connectivity index (χ1n) is 4.84. The molecule has 2 aromatic rings. The van der Waals surface area contributed by atoms with Crippen LogP contribution in [-0.2, 0) is 7.05 Å². The molecule has 0 fully saturated rings. The minimum Gasteiger partial charge on any atom is -0.497 e. The molecule has 0 amide bonds. The third-order valence-electron chi connectivity index (χ3n) is 2.26. The van der Waals surface area contributed by atoms with Crippen LogP contribution in [0.15, 0.2) is 33.0 Å². The maximum atomic E-state index is 11.2. The number of benzene rings is 1. The molecule has 3 N–H and O–H groups in total. The topological polar surface area (TPSA) is 85.9 Å². The van der Waals surface area contributed by atoms with E-state index in [0.717, 1.165) is 4.90 Å². The van der Waals surface area contributed by atoms with Crippen LogP contribution in [0.2, 0.25) is 0 Å². The van der Waals surface area contributed by atoms with Gasteiger partial charge >= 0.3 is 5.69 Å². The van der Waals surface area contributed by atoms with Crippen molar-refractivity contribution in [3.05, 3.63) is 28.7 Å². The van der Waals surface area contributed by atoms with Crippen LogP contribution in [0.4, 0.5) is 5.69 Å². The summed E-state index contributed by atoms with van der Waals surface area (Å²) in [5, 5.41) is 6.83. The Bertz CT molecular complexity index is 590. The van der Waals surface area contributed by atoms with Gasteiger partial charge in [0.15, 0.2) is 5.16 Å². The number of rotatable bonds is 3. The van der Waals surface area contributed by atoms with Crippen molar-refractivity contribution in [1.82, 2.24) is 14.8 Å². The number of nitrogens with one attached hydrogen (secondary N) is 1. The number of hydrogen-bond acceptors (Lipinski definition) is 5. The Labute approximate surface area is 102 Å². The van der Waals surface area contributed by atoms with E-state index >= 15 is 0 Å². The highest BCUT2D eigenvalue weighted by molar-refractivity contribution is 7.99. The van der Waals surface area contributed by atoms with Crippen molar-refractivity contribution in [3.63, 3.8) is 0 Å². The number of ether oxygens (including phenoxy) is 1. The molecule has 1 aromatic carbocycles. The van der Waals surface area contributed by atoms with E-state index < -0.39 is 0 Å². The van der Waals surface area contributed by atoms with Gasteiger partial charge in [-0.15, -0.1) is 5.10 Å². The van der Waals surface area contributed by atoms with E-state index in [1.807, 2.05) is 12.1 Å². The molecule has 0 atom stereocenters. The number of H-pyrrole nitrogens is 1. The number of aromatic nitrogens is 3. The number of methoxy groups -OCH3 is 1. The van der Waals surface area contributed by atoms with Crippen molar-refractivity contribution < 1.29 is 4.74 Å². The molecule has 90 valence electrons. The van der Waals surface area contributed by atoms with Gasteiger partial charge in [-0.05, 0) is 23.9 Å².